The number of rotatable bonds is 7. The van der Waals surface area contributed by atoms with Gasteiger partial charge in [0.2, 0.25) is 5.91 Å². The lowest BCUT2D eigenvalue weighted by Crippen LogP contribution is -2.23. The summed E-state index contributed by atoms with van der Waals surface area (Å²) in [7, 11) is 3.22. The molecule has 0 fully saturated rings. The molecule has 0 bridgehead atoms. The van der Waals surface area contributed by atoms with E-state index < -0.39 is 0 Å². The Morgan fingerprint density at radius 1 is 1.13 bits per heavy atom. The normalized spacial score (nSPS) is 10.2. The number of halogens is 1. The molecule has 0 aliphatic heterocycles. The third-order valence-electron chi connectivity index (χ3n) is 3.49. The van der Waals surface area contributed by atoms with Gasteiger partial charge in [0.05, 0.1) is 14.2 Å². The number of hydrogen-bond donors (Lipinski definition) is 1. The van der Waals surface area contributed by atoms with Crippen LogP contribution in [0.3, 0.4) is 0 Å². The lowest BCUT2D eigenvalue weighted by Gasteiger charge is -2.10. The van der Waals surface area contributed by atoms with E-state index >= 15 is 0 Å². The summed E-state index contributed by atoms with van der Waals surface area (Å²) in [4.78, 5) is 12.0. The van der Waals surface area contributed by atoms with Crippen molar-refractivity contribution in [3.05, 3.63) is 58.6 Å². The van der Waals surface area contributed by atoms with Crippen LogP contribution in [0.5, 0.6) is 11.5 Å². The number of hydrogen-bond acceptors (Lipinski definition) is 3. The molecule has 0 unspecified atom stereocenters. The lowest BCUT2D eigenvalue weighted by molar-refractivity contribution is -0.121. The third kappa shape index (κ3) is 5.18. The first-order valence-electron chi connectivity index (χ1n) is 7.34. The van der Waals surface area contributed by atoms with Gasteiger partial charge in [-0.1, -0.05) is 23.7 Å². The number of carbonyl (C=O) groups excluding carboxylic acids is 1. The second-order valence-corrected chi connectivity index (χ2v) is 5.52. The summed E-state index contributed by atoms with van der Waals surface area (Å²) in [5, 5.41) is 3.51. The van der Waals surface area contributed by atoms with Crippen LogP contribution in [0.25, 0.3) is 0 Å². The second kappa shape index (κ2) is 8.44. The molecule has 0 saturated carbocycles. The lowest BCUT2D eigenvalue weighted by atomic mass is 10.1. The predicted octanol–water partition coefficient (Wildman–Crippen LogP) is 3.61. The standard InChI is InChI=1S/C18H20ClNO3/c1-22-16-5-3-4-13(10-16)6-9-18(21)20-12-14-11-15(19)7-8-17(14)23-2/h3-5,7-8,10-11H,6,9,12H2,1-2H3,(H,20,21). The molecule has 0 saturated heterocycles. The smallest absolute Gasteiger partial charge is 0.220 e. The number of amides is 1. The highest BCUT2D eigenvalue weighted by Crippen LogP contribution is 2.22. The van der Waals surface area contributed by atoms with Gasteiger partial charge in [0.15, 0.2) is 0 Å². The third-order valence-corrected chi connectivity index (χ3v) is 3.73. The number of benzene rings is 2. The minimum absolute atomic E-state index is 0.0187. The number of nitrogens with one attached hydrogen (secondary N) is 1. The highest BCUT2D eigenvalue weighted by molar-refractivity contribution is 6.30. The molecular formula is C18H20ClNO3. The summed E-state index contributed by atoms with van der Waals surface area (Å²) in [5.74, 6) is 1.49. The molecule has 0 aliphatic carbocycles. The highest BCUT2D eigenvalue weighted by Gasteiger charge is 2.07. The minimum atomic E-state index is -0.0187. The Morgan fingerprint density at radius 3 is 2.70 bits per heavy atom. The van der Waals surface area contributed by atoms with Gasteiger partial charge in [-0.3, -0.25) is 4.79 Å². The van der Waals surface area contributed by atoms with Crippen molar-refractivity contribution in [3.8, 4) is 11.5 Å². The van der Waals surface area contributed by atoms with E-state index in [2.05, 4.69) is 5.32 Å². The van der Waals surface area contributed by atoms with E-state index in [1.165, 1.54) is 0 Å². The first kappa shape index (κ1) is 17.2. The van der Waals surface area contributed by atoms with Crippen molar-refractivity contribution < 1.29 is 14.3 Å². The fourth-order valence-electron chi connectivity index (χ4n) is 2.25. The van der Waals surface area contributed by atoms with E-state index in [1.54, 1.807) is 32.4 Å². The van der Waals surface area contributed by atoms with Gasteiger partial charge in [-0.15, -0.1) is 0 Å². The Bertz CT molecular complexity index is 673. The molecule has 0 heterocycles. The van der Waals surface area contributed by atoms with Crippen molar-refractivity contribution in [1.82, 2.24) is 5.32 Å². The maximum Gasteiger partial charge on any atom is 0.220 e. The van der Waals surface area contributed by atoms with E-state index in [0.29, 0.717) is 30.2 Å². The second-order valence-electron chi connectivity index (χ2n) is 5.08. The first-order valence-corrected chi connectivity index (χ1v) is 7.72. The van der Waals surface area contributed by atoms with E-state index in [0.717, 1.165) is 16.9 Å². The Kier molecular flexibility index (Phi) is 6.29. The van der Waals surface area contributed by atoms with Crippen LogP contribution in [0.1, 0.15) is 17.5 Å². The maximum absolute atomic E-state index is 12.0. The van der Waals surface area contributed by atoms with E-state index in [4.69, 9.17) is 21.1 Å². The molecule has 4 nitrogen and oxygen atoms in total. The molecular weight excluding hydrogens is 314 g/mol. The molecule has 0 radical (unpaired) electrons. The Hall–Kier alpha value is -2.20. The molecule has 2 aromatic carbocycles. The molecule has 122 valence electrons. The van der Waals surface area contributed by atoms with E-state index in [-0.39, 0.29) is 5.91 Å². The van der Waals surface area contributed by atoms with Gasteiger partial charge in [-0.2, -0.15) is 0 Å². The number of methoxy groups -OCH3 is 2. The van der Waals surface area contributed by atoms with Gasteiger partial charge < -0.3 is 14.8 Å². The maximum atomic E-state index is 12.0. The fraction of sp³-hybridized carbons (Fsp3) is 0.278. The molecule has 5 heteroatoms. The zero-order valence-electron chi connectivity index (χ0n) is 13.3. The number of carbonyl (C=O) groups is 1. The summed E-state index contributed by atoms with van der Waals surface area (Å²) in [6.45, 7) is 0.390. The Labute approximate surface area is 141 Å². The van der Waals surface area contributed by atoms with Crippen molar-refractivity contribution in [3.63, 3.8) is 0 Å². The van der Waals surface area contributed by atoms with Gasteiger partial charge in [-0.25, -0.2) is 0 Å². The van der Waals surface area contributed by atoms with Crippen molar-refractivity contribution in [1.29, 1.82) is 0 Å². The summed E-state index contributed by atoms with van der Waals surface area (Å²) < 4.78 is 10.4. The van der Waals surface area contributed by atoms with E-state index in [9.17, 15) is 4.79 Å². The number of ether oxygens (including phenoxy) is 2. The monoisotopic (exact) mass is 333 g/mol. The van der Waals surface area contributed by atoms with Gasteiger partial charge in [-0.05, 0) is 42.3 Å². The molecule has 2 aromatic rings. The van der Waals surface area contributed by atoms with Gasteiger partial charge in [0, 0.05) is 23.6 Å². The average molecular weight is 334 g/mol. The molecule has 0 aliphatic rings. The van der Waals surface area contributed by atoms with Crippen LogP contribution in [0.2, 0.25) is 5.02 Å². The molecule has 23 heavy (non-hydrogen) atoms. The fourth-order valence-corrected chi connectivity index (χ4v) is 2.45. The Morgan fingerprint density at radius 2 is 1.96 bits per heavy atom. The van der Waals surface area contributed by atoms with Crippen molar-refractivity contribution >= 4 is 17.5 Å². The quantitative estimate of drug-likeness (QED) is 0.842. The van der Waals surface area contributed by atoms with Crippen LogP contribution in [-0.2, 0) is 17.8 Å². The van der Waals surface area contributed by atoms with Crippen LogP contribution < -0.4 is 14.8 Å². The van der Waals surface area contributed by atoms with Crippen LogP contribution >= 0.6 is 11.6 Å². The molecule has 0 aromatic heterocycles. The topological polar surface area (TPSA) is 47.6 Å². The summed E-state index contributed by atoms with van der Waals surface area (Å²) in [5.41, 5.74) is 1.93. The molecule has 1 N–H and O–H groups in total. The predicted molar refractivity (Wildman–Crippen MR) is 91.2 cm³/mol. The zero-order valence-corrected chi connectivity index (χ0v) is 14.0. The SMILES string of the molecule is COc1cccc(CCC(=O)NCc2cc(Cl)ccc2OC)c1. The molecule has 0 spiro atoms. The summed E-state index contributed by atoms with van der Waals surface area (Å²) in [6.07, 6.45) is 1.08. The van der Waals surface area contributed by atoms with Crippen LogP contribution in [0, 0.1) is 0 Å². The van der Waals surface area contributed by atoms with E-state index in [1.807, 2.05) is 24.3 Å². The van der Waals surface area contributed by atoms with Crippen LogP contribution in [0.15, 0.2) is 42.5 Å². The highest BCUT2D eigenvalue weighted by atomic mass is 35.5. The Balaban J connectivity index is 1.86. The van der Waals surface area contributed by atoms with Crippen molar-refractivity contribution in [2.45, 2.75) is 19.4 Å². The summed E-state index contributed by atoms with van der Waals surface area (Å²) in [6, 6.07) is 13.1. The summed E-state index contributed by atoms with van der Waals surface area (Å²) >= 11 is 5.98. The van der Waals surface area contributed by atoms with Gasteiger partial charge >= 0.3 is 0 Å². The largest absolute Gasteiger partial charge is 0.497 e. The van der Waals surface area contributed by atoms with Crippen LogP contribution in [0.4, 0.5) is 0 Å². The van der Waals surface area contributed by atoms with Gasteiger partial charge in [0.1, 0.15) is 11.5 Å². The molecule has 2 rings (SSSR count). The zero-order chi connectivity index (χ0) is 16.7. The van der Waals surface area contributed by atoms with Gasteiger partial charge in [0.25, 0.3) is 0 Å². The first-order chi connectivity index (χ1) is 11.1. The van der Waals surface area contributed by atoms with Crippen molar-refractivity contribution in [2.24, 2.45) is 0 Å². The number of aryl methyl sites for hydroxylation is 1. The molecule has 1 amide bonds. The van der Waals surface area contributed by atoms with Crippen LogP contribution in [-0.4, -0.2) is 20.1 Å². The average Bonchev–Trinajstić information content (AvgIpc) is 2.58. The molecule has 0 atom stereocenters. The van der Waals surface area contributed by atoms with Crippen molar-refractivity contribution in [2.75, 3.05) is 14.2 Å². The minimum Gasteiger partial charge on any atom is -0.497 e.